The molecule has 0 bridgehead atoms. The minimum atomic E-state index is 0.0582. The van der Waals surface area contributed by atoms with Gasteiger partial charge < -0.3 is 14.8 Å². The monoisotopic (exact) mass is 371 g/mol. The van der Waals surface area contributed by atoms with Crippen LogP contribution in [0.15, 0.2) is 66.7 Å². The number of aromatic amines is 2. The van der Waals surface area contributed by atoms with E-state index in [2.05, 4.69) is 38.3 Å². The summed E-state index contributed by atoms with van der Waals surface area (Å²) in [6.07, 6.45) is 0. The summed E-state index contributed by atoms with van der Waals surface area (Å²) in [5, 5.41) is 8.65. The van der Waals surface area contributed by atoms with Crippen LogP contribution in [0.1, 0.15) is 10.5 Å². The Morgan fingerprint density at radius 1 is 0.893 bits per heavy atom. The van der Waals surface area contributed by atoms with Gasteiger partial charge >= 0.3 is 0 Å². The number of carbonyl (C=O) groups is 1. The van der Waals surface area contributed by atoms with Crippen molar-refractivity contribution in [1.82, 2.24) is 20.1 Å². The summed E-state index contributed by atoms with van der Waals surface area (Å²) in [7, 11) is 0. The minimum Gasteiger partial charge on any atom is -0.352 e. The first-order valence-electron chi connectivity index (χ1n) is 9.51. The summed E-state index contributed by atoms with van der Waals surface area (Å²) in [5.41, 5.74) is 3.77. The lowest BCUT2D eigenvalue weighted by atomic mass is 10.1. The molecule has 1 saturated heterocycles. The molecule has 0 spiro atoms. The molecule has 6 heteroatoms. The standard InChI is InChI=1S/C22H21N5O/c28-22(20-14-17-8-4-5-9-18(17)23-20)27-12-10-26(11-13-27)21-15-19(24-25-21)16-6-2-1-3-7-16/h1-9,14-15,23H,10-13H2,(H,24,25). The molecular weight excluding hydrogens is 350 g/mol. The van der Waals surface area contributed by atoms with Gasteiger partial charge in [0.05, 0.1) is 5.69 Å². The maximum Gasteiger partial charge on any atom is 0.270 e. The van der Waals surface area contributed by atoms with Crippen LogP contribution in [-0.2, 0) is 0 Å². The maximum absolute atomic E-state index is 12.9. The minimum absolute atomic E-state index is 0.0582. The number of hydrogen-bond donors (Lipinski definition) is 2. The number of amides is 1. The van der Waals surface area contributed by atoms with Gasteiger partial charge in [0.2, 0.25) is 0 Å². The summed E-state index contributed by atoms with van der Waals surface area (Å²) < 4.78 is 0. The van der Waals surface area contributed by atoms with E-state index in [0.717, 1.165) is 41.1 Å². The van der Waals surface area contributed by atoms with Crippen molar-refractivity contribution < 1.29 is 4.79 Å². The molecule has 1 amide bonds. The van der Waals surface area contributed by atoms with E-state index in [1.54, 1.807) is 0 Å². The number of hydrogen-bond acceptors (Lipinski definition) is 3. The van der Waals surface area contributed by atoms with Gasteiger partial charge in [-0.1, -0.05) is 48.5 Å². The highest BCUT2D eigenvalue weighted by Crippen LogP contribution is 2.23. The molecule has 2 N–H and O–H groups in total. The third-order valence-electron chi connectivity index (χ3n) is 5.30. The van der Waals surface area contributed by atoms with E-state index >= 15 is 0 Å². The molecule has 0 unspecified atom stereocenters. The third-order valence-corrected chi connectivity index (χ3v) is 5.30. The Bertz CT molecular complexity index is 1070. The summed E-state index contributed by atoms with van der Waals surface area (Å²) in [6, 6.07) is 22.1. The molecule has 140 valence electrons. The topological polar surface area (TPSA) is 68.0 Å². The van der Waals surface area contributed by atoms with E-state index in [9.17, 15) is 4.79 Å². The zero-order valence-corrected chi connectivity index (χ0v) is 15.4. The predicted molar refractivity (Wildman–Crippen MR) is 110 cm³/mol. The highest BCUT2D eigenvalue weighted by Gasteiger charge is 2.24. The molecule has 6 nitrogen and oxygen atoms in total. The Morgan fingerprint density at radius 3 is 2.43 bits per heavy atom. The molecule has 5 rings (SSSR count). The van der Waals surface area contributed by atoms with Crippen molar-refractivity contribution in [1.29, 1.82) is 0 Å². The zero-order valence-electron chi connectivity index (χ0n) is 15.4. The fraction of sp³-hybridized carbons (Fsp3) is 0.182. The molecule has 3 heterocycles. The zero-order chi connectivity index (χ0) is 18.9. The van der Waals surface area contributed by atoms with Gasteiger partial charge in [-0.05, 0) is 17.7 Å². The van der Waals surface area contributed by atoms with E-state index < -0.39 is 0 Å². The van der Waals surface area contributed by atoms with Crippen molar-refractivity contribution in [2.24, 2.45) is 0 Å². The first-order chi connectivity index (χ1) is 13.8. The molecule has 1 aliphatic heterocycles. The molecule has 0 radical (unpaired) electrons. The van der Waals surface area contributed by atoms with Gasteiger partial charge in [-0.25, -0.2) is 0 Å². The number of carbonyl (C=O) groups excluding carboxylic acids is 1. The molecule has 0 atom stereocenters. The normalized spacial score (nSPS) is 14.6. The largest absolute Gasteiger partial charge is 0.352 e. The van der Waals surface area contributed by atoms with Crippen LogP contribution in [0, 0.1) is 0 Å². The van der Waals surface area contributed by atoms with Crippen LogP contribution >= 0.6 is 0 Å². The Labute approximate surface area is 162 Å². The van der Waals surface area contributed by atoms with Crippen LogP contribution in [-0.4, -0.2) is 52.2 Å². The average molecular weight is 371 g/mol. The number of fused-ring (bicyclic) bond motifs is 1. The van der Waals surface area contributed by atoms with Crippen molar-refractivity contribution >= 4 is 22.6 Å². The van der Waals surface area contributed by atoms with Crippen molar-refractivity contribution in [2.75, 3.05) is 31.1 Å². The predicted octanol–water partition coefficient (Wildman–Crippen LogP) is 3.52. The smallest absolute Gasteiger partial charge is 0.270 e. The fourth-order valence-corrected chi connectivity index (χ4v) is 3.74. The summed E-state index contributed by atoms with van der Waals surface area (Å²) in [4.78, 5) is 20.2. The maximum atomic E-state index is 12.9. The second-order valence-corrected chi connectivity index (χ2v) is 7.06. The molecule has 28 heavy (non-hydrogen) atoms. The van der Waals surface area contributed by atoms with Crippen molar-refractivity contribution in [3.8, 4) is 11.3 Å². The van der Waals surface area contributed by atoms with Gasteiger partial charge in [-0.2, -0.15) is 5.10 Å². The Balaban J connectivity index is 1.26. The van der Waals surface area contributed by atoms with E-state index in [0.29, 0.717) is 18.8 Å². The number of piperazine rings is 1. The number of nitrogens with zero attached hydrogens (tertiary/aromatic N) is 3. The molecule has 0 aliphatic carbocycles. The van der Waals surface area contributed by atoms with E-state index in [-0.39, 0.29) is 5.91 Å². The van der Waals surface area contributed by atoms with Crippen molar-refractivity contribution in [2.45, 2.75) is 0 Å². The SMILES string of the molecule is O=C(c1cc2ccccc2[nH]1)N1CCN(c2cc(-c3ccccc3)[nH]n2)CC1. The first kappa shape index (κ1) is 16.6. The number of para-hydroxylation sites is 1. The molecule has 4 aromatic rings. The number of H-pyrrole nitrogens is 2. The van der Waals surface area contributed by atoms with E-state index in [1.165, 1.54) is 0 Å². The lowest BCUT2D eigenvalue weighted by molar-refractivity contribution is 0.0741. The van der Waals surface area contributed by atoms with E-state index in [1.807, 2.05) is 53.4 Å². The van der Waals surface area contributed by atoms with Crippen LogP contribution in [0.5, 0.6) is 0 Å². The molecule has 1 aliphatic rings. The Kier molecular flexibility index (Phi) is 4.09. The molecule has 0 saturated carbocycles. The first-order valence-corrected chi connectivity index (χ1v) is 9.51. The second kappa shape index (κ2) is 6.88. The quantitative estimate of drug-likeness (QED) is 0.579. The van der Waals surface area contributed by atoms with Crippen molar-refractivity contribution in [3.05, 3.63) is 72.4 Å². The number of benzene rings is 2. The van der Waals surface area contributed by atoms with Crippen molar-refractivity contribution in [3.63, 3.8) is 0 Å². The van der Waals surface area contributed by atoms with Gasteiger partial charge in [0.1, 0.15) is 5.69 Å². The van der Waals surface area contributed by atoms with Crippen LogP contribution < -0.4 is 4.90 Å². The molecule has 2 aromatic heterocycles. The van der Waals surface area contributed by atoms with E-state index in [4.69, 9.17) is 0 Å². The lowest BCUT2D eigenvalue weighted by Crippen LogP contribution is -2.49. The number of rotatable bonds is 3. The Hall–Kier alpha value is -3.54. The lowest BCUT2D eigenvalue weighted by Gasteiger charge is -2.34. The fourth-order valence-electron chi connectivity index (χ4n) is 3.74. The number of anilines is 1. The third kappa shape index (κ3) is 3.03. The van der Waals surface area contributed by atoms with Gasteiger partial charge in [-0.15, -0.1) is 0 Å². The van der Waals surface area contributed by atoms with Gasteiger partial charge in [0, 0.05) is 43.1 Å². The number of aromatic nitrogens is 3. The molecular formula is C22H21N5O. The van der Waals surface area contributed by atoms with Crippen LogP contribution in [0.3, 0.4) is 0 Å². The Morgan fingerprint density at radius 2 is 1.64 bits per heavy atom. The molecule has 1 fully saturated rings. The highest BCUT2D eigenvalue weighted by atomic mass is 16.2. The van der Waals surface area contributed by atoms with Crippen LogP contribution in [0.25, 0.3) is 22.2 Å². The van der Waals surface area contributed by atoms with Gasteiger partial charge in [-0.3, -0.25) is 9.89 Å². The average Bonchev–Trinajstić information content (AvgIpc) is 3.41. The summed E-state index contributed by atoms with van der Waals surface area (Å²) in [6.45, 7) is 2.90. The highest BCUT2D eigenvalue weighted by molar-refractivity contribution is 5.98. The van der Waals surface area contributed by atoms with Gasteiger partial charge in [0.25, 0.3) is 5.91 Å². The second-order valence-electron chi connectivity index (χ2n) is 7.06. The van der Waals surface area contributed by atoms with Gasteiger partial charge in [0.15, 0.2) is 5.82 Å². The number of nitrogens with one attached hydrogen (secondary N) is 2. The summed E-state index contributed by atoms with van der Waals surface area (Å²) >= 11 is 0. The summed E-state index contributed by atoms with van der Waals surface area (Å²) in [5.74, 6) is 0.986. The van der Waals surface area contributed by atoms with Crippen LogP contribution in [0.4, 0.5) is 5.82 Å². The van der Waals surface area contributed by atoms with Crippen LogP contribution in [0.2, 0.25) is 0 Å². The molecule has 2 aromatic carbocycles.